The van der Waals surface area contributed by atoms with Crippen molar-refractivity contribution in [2.75, 3.05) is 18.6 Å². The van der Waals surface area contributed by atoms with Crippen molar-refractivity contribution in [3.8, 4) is 0 Å². The predicted octanol–water partition coefficient (Wildman–Crippen LogP) is 1.72. The van der Waals surface area contributed by atoms with Crippen molar-refractivity contribution < 1.29 is 0 Å². The molecule has 0 spiro atoms. The molecule has 1 nitrogen and oxygen atoms in total. The van der Waals surface area contributed by atoms with E-state index in [0.717, 1.165) is 12.5 Å². The molecular formula is C7H17NS. The van der Waals surface area contributed by atoms with Crippen LogP contribution in [0.15, 0.2) is 0 Å². The average Bonchev–Trinajstić information content (AvgIpc) is 1.89. The van der Waals surface area contributed by atoms with Crippen LogP contribution in [0.3, 0.4) is 0 Å². The Morgan fingerprint density at radius 1 is 1.56 bits per heavy atom. The van der Waals surface area contributed by atoms with Crippen LogP contribution < -0.4 is 5.73 Å². The topological polar surface area (TPSA) is 26.0 Å². The Labute approximate surface area is 62.4 Å². The molecule has 0 aromatic carbocycles. The Morgan fingerprint density at radius 3 is 2.67 bits per heavy atom. The first kappa shape index (κ1) is 9.31. The van der Waals surface area contributed by atoms with Crippen molar-refractivity contribution in [1.82, 2.24) is 0 Å². The largest absolute Gasteiger partial charge is 0.330 e. The van der Waals surface area contributed by atoms with Gasteiger partial charge in [0.25, 0.3) is 0 Å². The highest BCUT2D eigenvalue weighted by Crippen LogP contribution is 2.06. The zero-order valence-corrected chi connectivity index (χ0v) is 7.21. The van der Waals surface area contributed by atoms with Gasteiger partial charge in [0.15, 0.2) is 0 Å². The molecule has 0 radical (unpaired) electrons. The third-order valence-electron chi connectivity index (χ3n) is 1.45. The van der Waals surface area contributed by atoms with E-state index in [0.29, 0.717) is 0 Å². The van der Waals surface area contributed by atoms with E-state index in [9.17, 15) is 0 Å². The van der Waals surface area contributed by atoms with Crippen LogP contribution in [0.5, 0.6) is 0 Å². The monoisotopic (exact) mass is 147 g/mol. The maximum Gasteiger partial charge on any atom is -0.00515 e. The molecule has 0 aromatic heterocycles. The van der Waals surface area contributed by atoms with E-state index in [-0.39, 0.29) is 0 Å². The maximum absolute atomic E-state index is 5.45. The highest BCUT2D eigenvalue weighted by Gasteiger charge is 1.96. The summed E-state index contributed by atoms with van der Waals surface area (Å²) in [6, 6.07) is 0. The molecule has 0 bridgehead atoms. The Bertz CT molecular complexity index is 56.9. The van der Waals surface area contributed by atoms with Gasteiger partial charge in [0.05, 0.1) is 0 Å². The fourth-order valence-corrected chi connectivity index (χ4v) is 1.15. The summed E-state index contributed by atoms with van der Waals surface area (Å²) in [4.78, 5) is 0. The van der Waals surface area contributed by atoms with Gasteiger partial charge in [0.1, 0.15) is 0 Å². The van der Waals surface area contributed by atoms with E-state index in [1.54, 1.807) is 0 Å². The third kappa shape index (κ3) is 6.19. The first-order chi connectivity index (χ1) is 4.31. The lowest BCUT2D eigenvalue weighted by Gasteiger charge is -2.05. The number of nitrogens with two attached hydrogens (primary N) is 1. The number of hydrogen-bond acceptors (Lipinski definition) is 2. The minimum Gasteiger partial charge on any atom is -0.330 e. The molecule has 0 aromatic rings. The van der Waals surface area contributed by atoms with Crippen LogP contribution in [0.4, 0.5) is 0 Å². The van der Waals surface area contributed by atoms with Gasteiger partial charge in [0, 0.05) is 0 Å². The molecule has 0 fully saturated rings. The van der Waals surface area contributed by atoms with E-state index in [2.05, 4.69) is 13.2 Å². The molecule has 2 N–H and O–H groups in total. The summed E-state index contributed by atoms with van der Waals surface area (Å²) in [6.07, 6.45) is 4.75. The van der Waals surface area contributed by atoms with Crippen LogP contribution in [-0.4, -0.2) is 18.6 Å². The molecule has 0 amide bonds. The summed E-state index contributed by atoms with van der Waals surface area (Å²) in [5.41, 5.74) is 5.45. The Balaban J connectivity index is 2.88. The molecule has 2 heteroatoms. The van der Waals surface area contributed by atoms with Crippen molar-refractivity contribution in [2.45, 2.75) is 19.8 Å². The molecular weight excluding hydrogens is 130 g/mol. The molecule has 0 aliphatic heterocycles. The average molecular weight is 147 g/mol. The van der Waals surface area contributed by atoms with Gasteiger partial charge in [-0.05, 0) is 37.3 Å². The third-order valence-corrected chi connectivity index (χ3v) is 2.14. The zero-order chi connectivity index (χ0) is 7.11. The Hall–Kier alpha value is 0.310. The molecule has 0 aliphatic rings. The lowest BCUT2D eigenvalue weighted by molar-refractivity contribution is 0.539. The van der Waals surface area contributed by atoms with Gasteiger partial charge in [0.2, 0.25) is 0 Å². The fraction of sp³-hybridized carbons (Fsp3) is 1.00. The molecule has 9 heavy (non-hydrogen) atoms. The molecule has 0 saturated heterocycles. The lowest BCUT2D eigenvalue weighted by Crippen LogP contribution is -2.10. The number of rotatable bonds is 5. The summed E-state index contributed by atoms with van der Waals surface area (Å²) in [6.45, 7) is 3.05. The van der Waals surface area contributed by atoms with Gasteiger partial charge in [-0.3, -0.25) is 0 Å². The summed E-state index contributed by atoms with van der Waals surface area (Å²) < 4.78 is 0. The van der Waals surface area contributed by atoms with Gasteiger partial charge in [-0.1, -0.05) is 6.92 Å². The smallest absolute Gasteiger partial charge is 0.00515 e. The second kappa shape index (κ2) is 6.43. The minimum atomic E-state index is 0.720. The number of thioether (sulfide) groups is 1. The summed E-state index contributed by atoms with van der Waals surface area (Å²) in [5.74, 6) is 2.00. The van der Waals surface area contributed by atoms with E-state index in [1.807, 2.05) is 11.8 Å². The normalized spacial score (nSPS) is 13.7. The minimum absolute atomic E-state index is 0.720. The van der Waals surface area contributed by atoms with Gasteiger partial charge in [-0.2, -0.15) is 11.8 Å². The van der Waals surface area contributed by atoms with Crippen molar-refractivity contribution >= 4 is 11.8 Å². The van der Waals surface area contributed by atoms with E-state index in [4.69, 9.17) is 5.73 Å². The van der Waals surface area contributed by atoms with Gasteiger partial charge in [-0.15, -0.1) is 0 Å². The summed E-state index contributed by atoms with van der Waals surface area (Å²) in [7, 11) is 0. The Morgan fingerprint density at radius 2 is 2.22 bits per heavy atom. The molecule has 1 unspecified atom stereocenters. The van der Waals surface area contributed by atoms with Gasteiger partial charge < -0.3 is 5.73 Å². The summed E-state index contributed by atoms with van der Waals surface area (Å²) >= 11 is 1.91. The van der Waals surface area contributed by atoms with E-state index in [1.165, 1.54) is 18.6 Å². The van der Waals surface area contributed by atoms with Crippen LogP contribution in [0.2, 0.25) is 0 Å². The molecule has 0 aliphatic carbocycles. The zero-order valence-electron chi connectivity index (χ0n) is 6.39. The highest BCUT2D eigenvalue weighted by atomic mass is 32.2. The van der Waals surface area contributed by atoms with Crippen LogP contribution in [0, 0.1) is 5.92 Å². The van der Waals surface area contributed by atoms with Crippen molar-refractivity contribution in [2.24, 2.45) is 11.7 Å². The SMILES string of the molecule is CSCCCC(C)CN. The Kier molecular flexibility index (Phi) is 6.65. The molecule has 0 heterocycles. The predicted molar refractivity (Wildman–Crippen MR) is 45.8 cm³/mol. The van der Waals surface area contributed by atoms with Crippen molar-refractivity contribution in [1.29, 1.82) is 0 Å². The second-order valence-corrected chi connectivity index (χ2v) is 3.46. The van der Waals surface area contributed by atoms with Crippen molar-refractivity contribution in [3.05, 3.63) is 0 Å². The molecule has 1 atom stereocenters. The standard InChI is InChI=1S/C7H17NS/c1-7(6-8)4-3-5-9-2/h7H,3-6,8H2,1-2H3. The van der Waals surface area contributed by atoms with Crippen molar-refractivity contribution in [3.63, 3.8) is 0 Å². The summed E-state index contributed by atoms with van der Waals surface area (Å²) in [5, 5.41) is 0. The van der Waals surface area contributed by atoms with Crippen LogP contribution in [0.1, 0.15) is 19.8 Å². The molecule has 56 valence electrons. The first-order valence-electron chi connectivity index (χ1n) is 3.50. The molecule has 0 saturated carbocycles. The quantitative estimate of drug-likeness (QED) is 0.599. The molecule has 0 rings (SSSR count). The van der Waals surface area contributed by atoms with Crippen LogP contribution in [0.25, 0.3) is 0 Å². The van der Waals surface area contributed by atoms with Crippen LogP contribution in [-0.2, 0) is 0 Å². The van der Waals surface area contributed by atoms with Crippen LogP contribution >= 0.6 is 11.8 Å². The van der Waals surface area contributed by atoms with E-state index >= 15 is 0 Å². The lowest BCUT2D eigenvalue weighted by atomic mass is 10.1. The second-order valence-electron chi connectivity index (χ2n) is 2.48. The van der Waals surface area contributed by atoms with Gasteiger partial charge in [-0.25, -0.2) is 0 Å². The first-order valence-corrected chi connectivity index (χ1v) is 4.89. The highest BCUT2D eigenvalue weighted by molar-refractivity contribution is 7.98. The van der Waals surface area contributed by atoms with E-state index < -0.39 is 0 Å². The fourth-order valence-electron chi connectivity index (χ4n) is 0.694. The van der Waals surface area contributed by atoms with Gasteiger partial charge >= 0.3 is 0 Å². The number of hydrogen-bond donors (Lipinski definition) is 1. The maximum atomic E-state index is 5.45.